The van der Waals surface area contributed by atoms with Crippen LogP contribution in [0.5, 0.6) is 0 Å². The molecule has 0 bridgehead atoms. The van der Waals surface area contributed by atoms with Gasteiger partial charge in [0.25, 0.3) is 0 Å². The molecule has 22 heavy (non-hydrogen) atoms. The minimum atomic E-state index is -2.17. The maximum absolute atomic E-state index is 7.17. The molecule has 0 saturated carbocycles. The quantitative estimate of drug-likeness (QED) is 0.182. The standard InChI is InChI=1S/4BH3O3.Li.5H2O.H/c4*2-1(3)4;;;;;;;/h4*2-4H;;5*1H2;. The van der Waals surface area contributed by atoms with Gasteiger partial charge in [0.1, 0.15) is 0 Å². The van der Waals surface area contributed by atoms with Gasteiger partial charge in [0, 0.05) is 0 Å². The predicted molar refractivity (Wildman–Crippen MR) is 74.9 cm³/mol. The molecule has 0 heterocycles. The number of hydrogen-bond acceptors (Lipinski definition) is 12. The van der Waals surface area contributed by atoms with E-state index in [1.54, 1.807) is 0 Å². The monoisotopic (exact) mass is 346 g/mol. The molecular weight excluding hydrogens is 322 g/mol. The molecular formula is H23B4LiO17. The molecule has 0 spiro atoms. The zero-order valence-electron chi connectivity index (χ0n) is 10.2. The average Bonchev–Trinajstić information content (AvgIpc) is 1.76. The second-order valence-corrected chi connectivity index (χ2v) is 1.39. The summed E-state index contributed by atoms with van der Waals surface area (Å²) in [5.74, 6) is 0. The third-order valence-electron chi connectivity index (χ3n) is 0. The van der Waals surface area contributed by atoms with Crippen LogP contribution in [0.1, 0.15) is 0 Å². The van der Waals surface area contributed by atoms with E-state index in [1.165, 1.54) is 0 Å². The van der Waals surface area contributed by atoms with Crippen molar-refractivity contribution >= 4 is 48.1 Å². The van der Waals surface area contributed by atoms with E-state index >= 15 is 0 Å². The van der Waals surface area contributed by atoms with Crippen molar-refractivity contribution in [1.82, 2.24) is 0 Å². The molecule has 0 aromatic carbocycles. The summed E-state index contributed by atoms with van der Waals surface area (Å²) >= 11 is 0. The van der Waals surface area contributed by atoms with Crippen LogP contribution in [0.2, 0.25) is 0 Å². The van der Waals surface area contributed by atoms with E-state index in [0.29, 0.717) is 0 Å². The van der Waals surface area contributed by atoms with E-state index in [1.807, 2.05) is 0 Å². The first-order chi connectivity index (χ1) is 6.93. The van der Waals surface area contributed by atoms with Crippen LogP contribution < -0.4 is 0 Å². The third-order valence-corrected chi connectivity index (χ3v) is 0. The molecule has 17 nitrogen and oxygen atoms in total. The molecule has 0 aliphatic heterocycles. The summed E-state index contributed by atoms with van der Waals surface area (Å²) in [6, 6.07) is 0. The molecule has 0 rings (SSSR count). The molecule has 0 aliphatic rings. The SMILES string of the molecule is O.O.O.O.O.OB(O)O.OB(O)O.OB(O)O.OB(O)O.[LiH]. The van der Waals surface area contributed by atoms with Gasteiger partial charge in [-0.1, -0.05) is 0 Å². The van der Waals surface area contributed by atoms with Crippen LogP contribution in [0.3, 0.4) is 0 Å². The molecule has 0 radical (unpaired) electrons. The Morgan fingerprint density at radius 1 is 0.273 bits per heavy atom. The van der Waals surface area contributed by atoms with Crippen molar-refractivity contribution in [3.63, 3.8) is 0 Å². The Balaban J connectivity index is -0.00000001000. The van der Waals surface area contributed by atoms with Crippen LogP contribution in [0, 0.1) is 0 Å². The zero-order valence-corrected chi connectivity index (χ0v) is 10.2. The van der Waals surface area contributed by atoms with Gasteiger partial charge < -0.3 is 87.7 Å². The fraction of sp³-hybridized carbons (Fsp3) is 0. The van der Waals surface area contributed by atoms with Crippen molar-refractivity contribution in [2.75, 3.05) is 0 Å². The first kappa shape index (κ1) is 67.1. The molecule has 0 aromatic heterocycles. The summed E-state index contributed by atoms with van der Waals surface area (Å²) < 4.78 is 0. The normalized spacial score (nSPS) is 4.91. The summed E-state index contributed by atoms with van der Waals surface area (Å²) in [7, 11) is -8.67. The predicted octanol–water partition coefficient (Wildman–Crippen LogP) is -13.0. The van der Waals surface area contributed by atoms with Crippen LogP contribution in [-0.2, 0) is 0 Å². The van der Waals surface area contributed by atoms with Gasteiger partial charge in [0.05, 0.1) is 0 Å². The molecule has 0 aromatic rings. The molecule has 0 unspecified atom stereocenters. The first-order valence-electron chi connectivity index (χ1n) is 3.10. The molecule has 0 saturated heterocycles. The van der Waals surface area contributed by atoms with E-state index in [4.69, 9.17) is 60.3 Å². The summed E-state index contributed by atoms with van der Waals surface area (Å²) in [4.78, 5) is 0. The van der Waals surface area contributed by atoms with Gasteiger partial charge in [-0.05, 0) is 0 Å². The average molecular weight is 345 g/mol. The van der Waals surface area contributed by atoms with Crippen LogP contribution in [0.25, 0.3) is 0 Å². The minimum absolute atomic E-state index is 0. The molecule has 0 fully saturated rings. The van der Waals surface area contributed by atoms with Gasteiger partial charge >= 0.3 is 48.1 Å². The molecule has 0 atom stereocenters. The second-order valence-electron chi connectivity index (χ2n) is 1.39. The van der Waals surface area contributed by atoms with Gasteiger partial charge in [-0.15, -0.1) is 0 Å². The Morgan fingerprint density at radius 2 is 0.273 bits per heavy atom. The first-order valence-corrected chi connectivity index (χ1v) is 3.10. The van der Waals surface area contributed by atoms with Crippen molar-refractivity contribution in [2.45, 2.75) is 0 Å². The van der Waals surface area contributed by atoms with Crippen LogP contribution in [-0.4, -0.2) is 136 Å². The molecule has 22 N–H and O–H groups in total. The third kappa shape index (κ3) is 236000. The summed E-state index contributed by atoms with van der Waals surface area (Å²) in [5.41, 5.74) is 0. The summed E-state index contributed by atoms with van der Waals surface area (Å²) in [5, 5.41) is 86.0. The Hall–Kier alpha value is 0.177. The topological polar surface area (TPSA) is 400 Å². The second kappa shape index (κ2) is 58.1. The number of rotatable bonds is 0. The van der Waals surface area contributed by atoms with Gasteiger partial charge in [0.15, 0.2) is 0 Å². The fourth-order valence-corrected chi connectivity index (χ4v) is 0. The Bertz CT molecular complexity index is 63.6. The van der Waals surface area contributed by atoms with Crippen LogP contribution in [0.15, 0.2) is 0 Å². The van der Waals surface area contributed by atoms with Crippen LogP contribution >= 0.6 is 0 Å². The van der Waals surface area contributed by atoms with Gasteiger partial charge in [-0.25, -0.2) is 0 Å². The Kier molecular flexibility index (Phi) is 177. The Labute approximate surface area is 136 Å². The molecule has 138 valence electrons. The van der Waals surface area contributed by atoms with E-state index < -0.39 is 29.3 Å². The Morgan fingerprint density at radius 3 is 0.273 bits per heavy atom. The van der Waals surface area contributed by atoms with Crippen LogP contribution in [0.4, 0.5) is 0 Å². The van der Waals surface area contributed by atoms with E-state index in [-0.39, 0.29) is 46.2 Å². The van der Waals surface area contributed by atoms with Crippen molar-refractivity contribution in [3.05, 3.63) is 0 Å². The molecule has 0 amide bonds. The van der Waals surface area contributed by atoms with Gasteiger partial charge in [0.2, 0.25) is 0 Å². The zero-order chi connectivity index (χ0) is 14.3. The van der Waals surface area contributed by atoms with Crippen molar-refractivity contribution in [1.29, 1.82) is 0 Å². The van der Waals surface area contributed by atoms with Crippen molar-refractivity contribution < 1.29 is 87.7 Å². The van der Waals surface area contributed by atoms with E-state index in [0.717, 1.165) is 0 Å². The number of hydrogen-bond donors (Lipinski definition) is 12. The van der Waals surface area contributed by atoms with Crippen molar-refractivity contribution in [2.24, 2.45) is 0 Å². The summed E-state index contributed by atoms with van der Waals surface area (Å²) in [6.07, 6.45) is 0. The molecule has 22 heteroatoms. The molecule has 0 aliphatic carbocycles. The summed E-state index contributed by atoms with van der Waals surface area (Å²) in [6.45, 7) is 0. The van der Waals surface area contributed by atoms with E-state index in [9.17, 15) is 0 Å². The van der Waals surface area contributed by atoms with Gasteiger partial charge in [-0.2, -0.15) is 0 Å². The maximum atomic E-state index is 7.17. The van der Waals surface area contributed by atoms with Gasteiger partial charge in [-0.3, -0.25) is 0 Å². The van der Waals surface area contributed by atoms with E-state index in [2.05, 4.69) is 0 Å². The van der Waals surface area contributed by atoms with Crippen molar-refractivity contribution in [3.8, 4) is 0 Å². The fourth-order valence-electron chi connectivity index (χ4n) is 0.